The predicted molar refractivity (Wildman–Crippen MR) is 65.8 cm³/mol. The van der Waals surface area contributed by atoms with Crippen LogP contribution in [-0.2, 0) is 0 Å². The van der Waals surface area contributed by atoms with Gasteiger partial charge < -0.3 is 9.84 Å². The Kier molecular flexibility index (Phi) is 3.10. The molecule has 4 nitrogen and oxygen atoms in total. The van der Waals surface area contributed by atoms with Gasteiger partial charge in [-0.15, -0.1) is 11.3 Å². The van der Waals surface area contributed by atoms with Gasteiger partial charge in [-0.3, -0.25) is 0 Å². The van der Waals surface area contributed by atoms with Crippen molar-refractivity contribution in [2.75, 3.05) is 7.11 Å². The van der Waals surface area contributed by atoms with E-state index in [1.165, 1.54) is 11.3 Å². The average molecular weight is 249 g/mol. The van der Waals surface area contributed by atoms with Crippen molar-refractivity contribution in [3.63, 3.8) is 0 Å². The van der Waals surface area contributed by atoms with Gasteiger partial charge in [-0.1, -0.05) is 0 Å². The summed E-state index contributed by atoms with van der Waals surface area (Å²) in [6.45, 7) is 1.89. The van der Waals surface area contributed by atoms with Crippen molar-refractivity contribution in [3.8, 4) is 16.3 Å². The lowest BCUT2D eigenvalue weighted by molar-refractivity contribution is 0.0702. The van der Waals surface area contributed by atoms with Crippen LogP contribution in [0.15, 0.2) is 24.4 Å². The van der Waals surface area contributed by atoms with Gasteiger partial charge in [-0.05, 0) is 24.6 Å². The molecule has 0 unspecified atom stereocenters. The van der Waals surface area contributed by atoms with Gasteiger partial charge in [0.2, 0.25) is 5.88 Å². The van der Waals surface area contributed by atoms with Gasteiger partial charge in [0, 0.05) is 22.7 Å². The molecule has 0 fully saturated rings. The first-order chi connectivity index (χ1) is 8.11. The van der Waals surface area contributed by atoms with Gasteiger partial charge >= 0.3 is 5.97 Å². The van der Waals surface area contributed by atoms with E-state index in [0.717, 1.165) is 16.0 Å². The number of methoxy groups -OCH3 is 1. The van der Waals surface area contributed by atoms with Crippen LogP contribution in [0.25, 0.3) is 10.4 Å². The molecule has 0 bridgehead atoms. The quantitative estimate of drug-likeness (QED) is 0.908. The van der Waals surface area contributed by atoms with Crippen LogP contribution >= 0.6 is 11.3 Å². The standard InChI is InChI=1S/C12H11NO3S/c1-7-5-9(12(14)15)17-11(7)8-3-4-10(16-2)13-6-8/h3-6H,1-2H3,(H,14,15). The molecule has 0 aromatic carbocycles. The molecule has 2 rings (SSSR count). The molecule has 0 saturated carbocycles. The van der Waals surface area contributed by atoms with Crippen molar-refractivity contribution in [3.05, 3.63) is 34.8 Å². The predicted octanol–water partition coefficient (Wildman–Crippen LogP) is 2.83. The summed E-state index contributed by atoms with van der Waals surface area (Å²) in [6, 6.07) is 5.30. The van der Waals surface area contributed by atoms with E-state index in [0.29, 0.717) is 10.8 Å². The van der Waals surface area contributed by atoms with Crippen molar-refractivity contribution >= 4 is 17.3 Å². The lowest BCUT2D eigenvalue weighted by Crippen LogP contribution is -1.89. The van der Waals surface area contributed by atoms with Crippen molar-refractivity contribution in [1.82, 2.24) is 4.98 Å². The second-order valence-electron chi connectivity index (χ2n) is 3.52. The van der Waals surface area contributed by atoms with E-state index >= 15 is 0 Å². The van der Waals surface area contributed by atoms with Gasteiger partial charge in [-0.25, -0.2) is 9.78 Å². The van der Waals surface area contributed by atoms with Crippen LogP contribution in [0.5, 0.6) is 5.88 Å². The van der Waals surface area contributed by atoms with Crippen LogP contribution in [0.1, 0.15) is 15.2 Å². The van der Waals surface area contributed by atoms with Gasteiger partial charge in [0.05, 0.1) is 7.11 Å². The van der Waals surface area contributed by atoms with Gasteiger partial charge in [0.1, 0.15) is 4.88 Å². The zero-order chi connectivity index (χ0) is 12.4. The van der Waals surface area contributed by atoms with Gasteiger partial charge in [-0.2, -0.15) is 0 Å². The van der Waals surface area contributed by atoms with Crippen molar-refractivity contribution in [2.24, 2.45) is 0 Å². The Morgan fingerprint density at radius 2 is 2.24 bits per heavy atom. The maximum atomic E-state index is 10.9. The number of pyridine rings is 1. The van der Waals surface area contributed by atoms with Gasteiger partial charge in [0.25, 0.3) is 0 Å². The average Bonchev–Trinajstić information content (AvgIpc) is 2.72. The molecule has 0 atom stereocenters. The van der Waals surface area contributed by atoms with Crippen LogP contribution in [0.4, 0.5) is 0 Å². The number of carboxylic acids is 1. The summed E-state index contributed by atoms with van der Waals surface area (Å²) < 4.78 is 4.98. The topological polar surface area (TPSA) is 59.4 Å². The third-order valence-corrected chi connectivity index (χ3v) is 3.61. The molecule has 0 aliphatic heterocycles. The zero-order valence-corrected chi connectivity index (χ0v) is 10.2. The molecule has 2 aromatic rings. The second kappa shape index (κ2) is 4.55. The number of aromatic carboxylic acids is 1. The highest BCUT2D eigenvalue weighted by molar-refractivity contribution is 7.17. The summed E-state index contributed by atoms with van der Waals surface area (Å²) >= 11 is 1.25. The molecular formula is C12H11NO3S. The number of carboxylic acid groups (broad SMARTS) is 1. The summed E-state index contributed by atoms with van der Waals surface area (Å²) in [5, 5.41) is 8.93. The van der Waals surface area contributed by atoms with Crippen LogP contribution in [-0.4, -0.2) is 23.2 Å². The maximum absolute atomic E-state index is 10.9. The number of hydrogen-bond donors (Lipinski definition) is 1. The molecule has 5 heteroatoms. The number of aromatic nitrogens is 1. The number of rotatable bonds is 3. The van der Waals surface area contributed by atoms with E-state index < -0.39 is 5.97 Å². The molecule has 0 spiro atoms. The SMILES string of the molecule is COc1ccc(-c2sc(C(=O)O)cc2C)cn1. The van der Waals surface area contributed by atoms with E-state index in [-0.39, 0.29) is 0 Å². The number of carbonyl (C=O) groups is 1. The molecule has 0 radical (unpaired) electrons. The lowest BCUT2D eigenvalue weighted by atomic mass is 10.1. The van der Waals surface area contributed by atoms with Crippen LogP contribution in [0.3, 0.4) is 0 Å². The fourth-order valence-electron chi connectivity index (χ4n) is 1.51. The van der Waals surface area contributed by atoms with Crippen molar-refractivity contribution < 1.29 is 14.6 Å². The number of aryl methyl sites for hydroxylation is 1. The van der Waals surface area contributed by atoms with E-state index in [2.05, 4.69) is 4.98 Å². The minimum atomic E-state index is -0.897. The fourth-order valence-corrected chi connectivity index (χ4v) is 2.51. The zero-order valence-electron chi connectivity index (χ0n) is 9.43. The Bertz CT molecular complexity index is 545. The molecule has 1 N–H and O–H groups in total. The molecule has 2 aromatic heterocycles. The molecule has 2 heterocycles. The van der Waals surface area contributed by atoms with Crippen LogP contribution in [0, 0.1) is 6.92 Å². The first-order valence-electron chi connectivity index (χ1n) is 4.96. The smallest absolute Gasteiger partial charge is 0.345 e. The van der Waals surface area contributed by atoms with E-state index in [1.807, 2.05) is 13.0 Å². The minimum absolute atomic E-state index is 0.341. The third kappa shape index (κ3) is 2.29. The minimum Gasteiger partial charge on any atom is -0.481 e. The maximum Gasteiger partial charge on any atom is 0.345 e. The van der Waals surface area contributed by atoms with E-state index in [1.54, 1.807) is 25.4 Å². The summed E-state index contributed by atoms with van der Waals surface area (Å²) in [6.07, 6.45) is 1.68. The molecular weight excluding hydrogens is 238 g/mol. The summed E-state index contributed by atoms with van der Waals surface area (Å²) in [7, 11) is 1.56. The number of nitrogens with zero attached hydrogens (tertiary/aromatic N) is 1. The first-order valence-corrected chi connectivity index (χ1v) is 5.77. The van der Waals surface area contributed by atoms with Crippen molar-refractivity contribution in [2.45, 2.75) is 6.92 Å². The lowest BCUT2D eigenvalue weighted by Gasteiger charge is -2.01. The molecule has 0 saturated heterocycles. The molecule has 17 heavy (non-hydrogen) atoms. The molecule has 0 amide bonds. The Morgan fingerprint density at radius 1 is 1.47 bits per heavy atom. The highest BCUT2D eigenvalue weighted by atomic mass is 32.1. The second-order valence-corrected chi connectivity index (χ2v) is 4.57. The summed E-state index contributed by atoms with van der Waals surface area (Å²) in [4.78, 5) is 16.2. The number of hydrogen-bond acceptors (Lipinski definition) is 4. The van der Waals surface area contributed by atoms with E-state index in [9.17, 15) is 4.79 Å². The number of ether oxygens (including phenoxy) is 1. The Labute approximate surface area is 103 Å². The Hall–Kier alpha value is -1.88. The van der Waals surface area contributed by atoms with Crippen LogP contribution in [0.2, 0.25) is 0 Å². The summed E-state index contributed by atoms with van der Waals surface area (Å²) in [5.41, 5.74) is 1.85. The molecule has 88 valence electrons. The van der Waals surface area contributed by atoms with Crippen LogP contribution < -0.4 is 4.74 Å². The summed E-state index contributed by atoms with van der Waals surface area (Å²) in [5.74, 6) is -0.354. The highest BCUT2D eigenvalue weighted by Crippen LogP contribution is 2.32. The third-order valence-electron chi connectivity index (χ3n) is 2.34. The van der Waals surface area contributed by atoms with E-state index in [4.69, 9.17) is 9.84 Å². The van der Waals surface area contributed by atoms with Crippen molar-refractivity contribution in [1.29, 1.82) is 0 Å². The molecule has 0 aliphatic carbocycles. The highest BCUT2D eigenvalue weighted by Gasteiger charge is 2.12. The van der Waals surface area contributed by atoms with Gasteiger partial charge in [0.15, 0.2) is 0 Å². The monoisotopic (exact) mass is 249 g/mol. The first kappa shape index (κ1) is 11.6. The normalized spacial score (nSPS) is 10.2. The number of thiophene rings is 1. The fraction of sp³-hybridized carbons (Fsp3) is 0.167. The molecule has 0 aliphatic rings. The Morgan fingerprint density at radius 3 is 2.71 bits per heavy atom. The Balaban J connectivity index is 2.41. The largest absolute Gasteiger partial charge is 0.481 e.